The first-order valence-corrected chi connectivity index (χ1v) is 5.80. The van der Waals surface area contributed by atoms with Gasteiger partial charge in [-0.3, -0.25) is 0 Å². The third-order valence-corrected chi connectivity index (χ3v) is 3.44. The summed E-state index contributed by atoms with van der Waals surface area (Å²) >= 11 is 0. The quantitative estimate of drug-likeness (QED) is 0.695. The Morgan fingerprint density at radius 3 is 2.62 bits per heavy atom. The van der Waals surface area contributed by atoms with Crippen molar-refractivity contribution in [2.45, 2.75) is 38.6 Å². The Hall–Kier alpha value is -0.0800. The SMILES string of the molecule is CC1CCC(CN2CCCC2)NC1. The molecule has 13 heavy (non-hydrogen) atoms. The van der Waals surface area contributed by atoms with Crippen molar-refractivity contribution >= 4 is 0 Å². The lowest BCUT2D eigenvalue weighted by atomic mass is 9.96. The zero-order chi connectivity index (χ0) is 9.10. The lowest BCUT2D eigenvalue weighted by Gasteiger charge is -2.30. The van der Waals surface area contributed by atoms with Crippen LogP contribution in [0.25, 0.3) is 0 Å². The Balaban J connectivity index is 1.69. The first-order chi connectivity index (χ1) is 6.34. The van der Waals surface area contributed by atoms with Gasteiger partial charge >= 0.3 is 0 Å². The summed E-state index contributed by atoms with van der Waals surface area (Å²) in [5.74, 6) is 0.898. The summed E-state index contributed by atoms with van der Waals surface area (Å²) in [5, 5.41) is 3.65. The molecule has 0 spiro atoms. The summed E-state index contributed by atoms with van der Waals surface area (Å²) in [5.41, 5.74) is 0. The minimum absolute atomic E-state index is 0.786. The zero-order valence-electron chi connectivity index (χ0n) is 8.76. The predicted molar refractivity (Wildman–Crippen MR) is 55.9 cm³/mol. The van der Waals surface area contributed by atoms with E-state index >= 15 is 0 Å². The van der Waals surface area contributed by atoms with E-state index in [-0.39, 0.29) is 0 Å². The molecule has 2 aliphatic heterocycles. The Morgan fingerprint density at radius 1 is 1.23 bits per heavy atom. The highest BCUT2D eigenvalue weighted by atomic mass is 15.2. The Labute approximate surface area is 81.7 Å². The van der Waals surface area contributed by atoms with E-state index in [0.29, 0.717) is 0 Å². The van der Waals surface area contributed by atoms with Gasteiger partial charge in [0.15, 0.2) is 0 Å². The minimum Gasteiger partial charge on any atom is -0.312 e. The zero-order valence-corrected chi connectivity index (χ0v) is 8.76. The van der Waals surface area contributed by atoms with E-state index in [0.717, 1.165) is 12.0 Å². The fraction of sp³-hybridized carbons (Fsp3) is 1.00. The number of nitrogens with one attached hydrogen (secondary N) is 1. The third kappa shape index (κ3) is 2.68. The van der Waals surface area contributed by atoms with Crippen molar-refractivity contribution < 1.29 is 0 Å². The lowest BCUT2D eigenvalue weighted by Crippen LogP contribution is -2.45. The van der Waals surface area contributed by atoms with Crippen molar-refractivity contribution in [3.05, 3.63) is 0 Å². The van der Waals surface area contributed by atoms with Crippen LogP contribution in [0, 0.1) is 5.92 Å². The molecule has 1 N–H and O–H groups in total. The maximum absolute atomic E-state index is 3.65. The first-order valence-electron chi connectivity index (χ1n) is 5.80. The normalized spacial score (nSPS) is 36.7. The molecule has 2 rings (SSSR count). The van der Waals surface area contributed by atoms with E-state index in [1.165, 1.54) is 51.9 Å². The maximum Gasteiger partial charge on any atom is 0.0195 e. The summed E-state index contributed by atoms with van der Waals surface area (Å²) in [6, 6.07) is 0.786. The van der Waals surface area contributed by atoms with Gasteiger partial charge in [-0.15, -0.1) is 0 Å². The molecule has 76 valence electrons. The molecule has 0 saturated carbocycles. The van der Waals surface area contributed by atoms with Crippen LogP contribution in [0.15, 0.2) is 0 Å². The van der Waals surface area contributed by atoms with Crippen molar-refractivity contribution in [1.82, 2.24) is 10.2 Å². The van der Waals surface area contributed by atoms with E-state index in [9.17, 15) is 0 Å². The molecular formula is C11H22N2. The molecule has 0 radical (unpaired) electrons. The van der Waals surface area contributed by atoms with Crippen molar-refractivity contribution in [3.63, 3.8) is 0 Å². The molecule has 0 aromatic rings. The smallest absolute Gasteiger partial charge is 0.0195 e. The van der Waals surface area contributed by atoms with Crippen molar-refractivity contribution in [3.8, 4) is 0 Å². The van der Waals surface area contributed by atoms with Crippen LogP contribution < -0.4 is 5.32 Å². The number of hydrogen-bond donors (Lipinski definition) is 1. The van der Waals surface area contributed by atoms with Crippen molar-refractivity contribution in [2.75, 3.05) is 26.2 Å². The lowest BCUT2D eigenvalue weighted by molar-refractivity contribution is 0.241. The van der Waals surface area contributed by atoms with Crippen LogP contribution in [0.2, 0.25) is 0 Å². The van der Waals surface area contributed by atoms with Gasteiger partial charge < -0.3 is 10.2 Å². The fourth-order valence-electron chi connectivity index (χ4n) is 2.49. The molecule has 2 fully saturated rings. The number of nitrogens with zero attached hydrogens (tertiary/aromatic N) is 1. The summed E-state index contributed by atoms with van der Waals surface area (Å²) in [6.45, 7) is 7.56. The molecule has 0 aromatic heterocycles. The molecule has 2 nitrogen and oxygen atoms in total. The van der Waals surface area contributed by atoms with E-state index in [4.69, 9.17) is 0 Å². The molecular weight excluding hydrogens is 160 g/mol. The van der Waals surface area contributed by atoms with Crippen LogP contribution in [-0.2, 0) is 0 Å². The number of rotatable bonds is 2. The van der Waals surface area contributed by atoms with Gasteiger partial charge in [0, 0.05) is 12.6 Å². The van der Waals surface area contributed by atoms with Gasteiger partial charge in [-0.25, -0.2) is 0 Å². The van der Waals surface area contributed by atoms with Crippen LogP contribution in [0.5, 0.6) is 0 Å². The third-order valence-electron chi connectivity index (χ3n) is 3.44. The second kappa shape index (κ2) is 4.43. The molecule has 0 aromatic carbocycles. The standard InChI is InChI=1S/C11H22N2/c1-10-4-5-11(12-8-10)9-13-6-2-3-7-13/h10-12H,2-9H2,1H3. The van der Waals surface area contributed by atoms with Crippen LogP contribution in [-0.4, -0.2) is 37.1 Å². The first kappa shape index (κ1) is 9.47. The number of hydrogen-bond acceptors (Lipinski definition) is 2. The van der Waals surface area contributed by atoms with Gasteiger partial charge in [-0.05, 0) is 51.2 Å². The molecule has 0 aliphatic carbocycles. The van der Waals surface area contributed by atoms with E-state index in [1.807, 2.05) is 0 Å². The van der Waals surface area contributed by atoms with E-state index < -0.39 is 0 Å². The molecule has 2 saturated heterocycles. The summed E-state index contributed by atoms with van der Waals surface area (Å²) in [4.78, 5) is 2.62. The molecule has 2 heterocycles. The average Bonchev–Trinajstić information content (AvgIpc) is 2.62. The van der Waals surface area contributed by atoms with Crippen LogP contribution in [0.3, 0.4) is 0 Å². The van der Waals surface area contributed by atoms with Gasteiger partial charge in [0.05, 0.1) is 0 Å². The number of likely N-dealkylation sites (tertiary alicyclic amines) is 1. The van der Waals surface area contributed by atoms with Gasteiger partial charge in [-0.2, -0.15) is 0 Å². The van der Waals surface area contributed by atoms with Gasteiger partial charge in [-0.1, -0.05) is 6.92 Å². The minimum atomic E-state index is 0.786. The highest BCUT2D eigenvalue weighted by Crippen LogP contribution is 2.16. The summed E-state index contributed by atoms with van der Waals surface area (Å²) in [6.07, 6.45) is 5.65. The Kier molecular flexibility index (Phi) is 3.23. The molecule has 0 bridgehead atoms. The van der Waals surface area contributed by atoms with E-state index in [1.54, 1.807) is 0 Å². The van der Waals surface area contributed by atoms with Crippen LogP contribution >= 0.6 is 0 Å². The monoisotopic (exact) mass is 182 g/mol. The molecule has 2 aliphatic rings. The highest BCUT2D eigenvalue weighted by molar-refractivity contribution is 4.80. The topological polar surface area (TPSA) is 15.3 Å². The second-order valence-electron chi connectivity index (χ2n) is 4.80. The van der Waals surface area contributed by atoms with Crippen LogP contribution in [0.4, 0.5) is 0 Å². The molecule has 0 amide bonds. The Bertz CT molecular complexity index is 144. The van der Waals surface area contributed by atoms with Crippen LogP contribution in [0.1, 0.15) is 32.6 Å². The van der Waals surface area contributed by atoms with Gasteiger partial charge in [0.1, 0.15) is 0 Å². The average molecular weight is 182 g/mol. The molecule has 2 heteroatoms. The van der Waals surface area contributed by atoms with Crippen molar-refractivity contribution in [2.24, 2.45) is 5.92 Å². The summed E-state index contributed by atoms with van der Waals surface area (Å²) < 4.78 is 0. The molecule has 2 atom stereocenters. The number of piperidine rings is 1. The highest BCUT2D eigenvalue weighted by Gasteiger charge is 2.21. The van der Waals surface area contributed by atoms with Crippen molar-refractivity contribution in [1.29, 1.82) is 0 Å². The van der Waals surface area contributed by atoms with Gasteiger partial charge in [0.25, 0.3) is 0 Å². The fourth-order valence-corrected chi connectivity index (χ4v) is 2.49. The molecule has 2 unspecified atom stereocenters. The summed E-state index contributed by atoms with van der Waals surface area (Å²) in [7, 11) is 0. The van der Waals surface area contributed by atoms with E-state index in [2.05, 4.69) is 17.1 Å². The predicted octanol–water partition coefficient (Wildman–Crippen LogP) is 1.47. The van der Waals surface area contributed by atoms with Gasteiger partial charge in [0.2, 0.25) is 0 Å². The largest absolute Gasteiger partial charge is 0.312 e. The second-order valence-corrected chi connectivity index (χ2v) is 4.80. The maximum atomic E-state index is 3.65. The Morgan fingerprint density at radius 2 is 2.00 bits per heavy atom.